The van der Waals surface area contributed by atoms with Crippen LogP contribution in [0.2, 0.25) is 0 Å². The Morgan fingerprint density at radius 1 is 1.50 bits per heavy atom. The van der Waals surface area contributed by atoms with Gasteiger partial charge in [0.15, 0.2) is 0 Å². The van der Waals surface area contributed by atoms with Crippen molar-refractivity contribution in [1.29, 1.82) is 0 Å². The van der Waals surface area contributed by atoms with Crippen LogP contribution in [0.25, 0.3) is 5.57 Å². The molecule has 0 amide bonds. The predicted molar refractivity (Wildman–Crippen MR) is 67.6 cm³/mol. The molecule has 0 radical (unpaired) electrons. The Hall–Kier alpha value is -2.24. The molecule has 1 aromatic heterocycles. The number of rotatable bonds is 3. The summed E-state index contributed by atoms with van der Waals surface area (Å²) in [6, 6.07) is 2.69. The van der Waals surface area contributed by atoms with Crippen molar-refractivity contribution in [2.24, 2.45) is 4.99 Å². The zero-order chi connectivity index (χ0) is 13.1. The summed E-state index contributed by atoms with van der Waals surface area (Å²) in [5.74, 6) is 0.499. The van der Waals surface area contributed by atoms with Gasteiger partial charge in [-0.2, -0.15) is 0 Å². The van der Waals surface area contributed by atoms with E-state index >= 15 is 0 Å². The molecule has 0 fully saturated rings. The van der Waals surface area contributed by atoms with Gasteiger partial charge in [-0.3, -0.25) is 15.1 Å². The number of hydrogen-bond donors (Lipinski definition) is 0. The van der Waals surface area contributed by atoms with Crippen LogP contribution in [0.3, 0.4) is 0 Å². The normalized spacial score (nSPS) is 18.3. The maximum atomic E-state index is 11.0. The maximum absolute atomic E-state index is 11.0. The molecule has 1 aliphatic heterocycles. The van der Waals surface area contributed by atoms with E-state index in [1.165, 1.54) is 7.11 Å². The molecule has 1 atom stereocenters. The lowest BCUT2D eigenvalue weighted by Gasteiger charge is -2.16. The van der Waals surface area contributed by atoms with Gasteiger partial charge in [-0.15, -0.1) is 0 Å². The number of methoxy groups -OCH3 is 1. The van der Waals surface area contributed by atoms with E-state index in [1.807, 2.05) is 0 Å². The summed E-state index contributed by atoms with van der Waals surface area (Å²) in [7, 11) is 1.54. The lowest BCUT2D eigenvalue weighted by Crippen LogP contribution is -2.27. The molecule has 6 heteroatoms. The van der Waals surface area contributed by atoms with E-state index in [9.17, 15) is 10.1 Å². The lowest BCUT2D eigenvalue weighted by atomic mass is 9.96. The van der Waals surface area contributed by atoms with Crippen molar-refractivity contribution in [3.8, 4) is 5.88 Å². The van der Waals surface area contributed by atoms with Crippen molar-refractivity contribution < 1.29 is 9.66 Å². The lowest BCUT2D eigenvalue weighted by molar-refractivity contribution is -0.502. The van der Waals surface area contributed by atoms with Crippen LogP contribution < -0.4 is 4.74 Å². The Kier molecular flexibility index (Phi) is 3.36. The molecule has 1 aromatic rings. The van der Waals surface area contributed by atoms with Crippen LogP contribution in [-0.2, 0) is 0 Å². The van der Waals surface area contributed by atoms with Gasteiger partial charge in [-0.05, 0) is 19.1 Å². The van der Waals surface area contributed by atoms with Gasteiger partial charge < -0.3 is 4.74 Å². The van der Waals surface area contributed by atoms with Gasteiger partial charge in [0, 0.05) is 34.0 Å². The highest BCUT2D eigenvalue weighted by Gasteiger charge is 2.28. The topological polar surface area (TPSA) is 77.6 Å². The molecule has 0 aliphatic carbocycles. The van der Waals surface area contributed by atoms with Crippen molar-refractivity contribution >= 4 is 11.8 Å². The molecule has 2 rings (SSSR count). The second kappa shape index (κ2) is 4.95. The van der Waals surface area contributed by atoms with Gasteiger partial charge in [0.05, 0.1) is 7.11 Å². The Labute approximate surface area is 104 Å². The average molecular weight is 247 g/mol. The maximum Gasteiger partial charge on any atom is 0.257 e. The molecule has 18 heavy (non-hydrogen) atoms. The molecule has 0 spiro atoms. The molecule has 0 aromatic carbocycles. The van der Waals surface area contributed by atoms with Crippen molar-refractivity contribution in [2.45, 2.75) is 13.0 Å². The third-order valence-corrected chi connectivity index (χ3v) is 2.83. The minimum absolute atomic E-state index is 0.171. The first-order valence-corrected chi connectivity index (χ1v) is 5.49. The molecule has 0 bridgehead atoms. The molecule has 1 unspecified atom stereocenters. The Morgan fingerprint density at radius 3 is 2.89 bits per heavy atom. The largest absolute Gasteiger partial charge is 0.481 e. The Morgan fingerprint density at radius 2 is 2.28 bits per heavy atom. The van der Waals surface area contributed by atoms with Gasteiger partial charge in [0.25, 0.3) is 6.04 Å². The van der Waals surface area contributed by atoms with Gasteiger partial charge >= 0.3 is 0 Å². The van der Waals surface area contributed by atoms with E-state index < -0.39 is 6.04 Å². The molecule has 0 saturated carbocycles. The number of aliphatic imine (C=N–C) groups is 1. The third kappa shape index (κ3) is 2.22. The molecule has 94 valence electrons. The first-order valence-electron chi connectivity index (χ1n) is 5.49. The fourth-order valence-electron chi connectivity index (χ4n) is 1.91. The van der Waals surface area contributed by atoms with Gasteiger partial charge in [-0.25, -0.2) is 4.98 Å². The molecule has 1 aliphatic rings. The van der Waals surface area contributed by atoms with E-state index in [1.54, 1.807) is 31.3 Å². The Bertz CT molecular complexity index is 537. The fourth-order valence-corrected chi connectivity index (χ4v) is 1.91. The minimum Gasteiger partial charge on any atom is -0.481 e. The first-order chi connectivity index (χ1) is 8.63. The molecular weight excluding hydrogens is 234 g/mol. The second-order valence-corrected chi connectivity index (χ2v) is 3.92. The van der Waals surface area contributed by atoms with Gasteiger partial charge in [0.2, 0.25) is 5.88 Å². The van der Waals surface area contributed by atoms with Crippen molar-refractivity contribution in [3.05, 3.63) is 39.6 Å². The summed E-state index contributed by atoms with van der Waals surface area (Å²) in [6.45, 7) is 1.98. The van der Waals surface area contributed by atoms with Crippen LogP contribution >= 0.6 is 0 Å². The first kappa shape index (κ1) is 12.2. The zero-order valence-corrected chi connectivity index (χ0v) is 10.2. The number of allylic oxidation sites excluding steroid dienone is 1. The van der Waals surface area contributed by atoms with Gasteiger partial charge in [0.1, 0.15) is 6.54 Å². The van der Waals surface area contributed by atoms with Crippen LogP contribution in [0, 0.1) is 17.0 Å². The molecule has 0 N–H and O–H groups in total. The van der Waals surface area contributed by atoms with Crippen LogP contribution in [0.15, 0.2) is 23.2 Å². The summed E-state index contributed by atoms with van der Waals surface area (Å²) in [5, 5.41) is 11.0. The molecule has 2 heterocycles. The number of dihydropyridines is 1. The quantitative estimate of drug-likeness (QED) is 0.599. The number of pyridine rings is 1. The third-order valence-electron chi connectivity index (χ3n) is 2.83. The number of ether oxygens (including phenoxy) is 1. The highest BCUT2D eigenvalue weighted by atomic mass is 16.6. The molecular formula is C12H13N3O3. The highest BCUT2D eigenvalue weighted by Crippen LogP contribution is 2.26. The SMILES string of the molecule is COc1ccc(C2=CC=NCC2[N+](=O)[O-])c(C)n1. The standard InChI is InChI=1S/C12H13N3O3/c1-8-9(3-4-12(14-8)18-2)10-5-6-13-7-11(10)15(16)17/h3-6,11H,7H2,1-2H3. The molecule has 6 nitrogen and oxygen atoms in total. The Balaban J connectivity index is 2.43. The summed E-state index contributed by atoms with van der Waals surface area (Å²) >= 11 is 0. The highest BCUT2D eigenvalue weighted by molar-refractivity contribution is 5.88. The minimum atomic E-state index is -0.802. The number of nitrogens with zero attached hydrogens (tertiary/aromatic N) is 3. The van der Waals surface area contributed by atoms with E-state index in [2.05, 4.69) is 9.98 Å². The summed E-state index contributed by atoms with van der Waals surface area (Å²) in [5.41, 5.74) is 2.12. The van der Waals surface area contributed by atoms with E-state index in [0.29, 0.717) is 17.1 Å². The average Bonchev–Trinajstić information content (AvgIpc) is 2.38. The van der Waals surface area contributed by atoms with Gasteiger partial charge in [-0.1, -0.05) is 0 Å². The van der Waals surface area contributed by atoms with Crippen molar-refractivity contribution in [2.75, 3.05) is 13.7 Å². The smallest absolute Gasteiger partial charge is 0.257 e. The number of aryl methyl sites for hydroxylation is 1. The number of nitro groups is 1. The summed E-state index contributed by atoms with van der Waals surface area (Å²) < 4.78 is 5.02. The summed E-state index contributed by atoms with van der Waals surface area (Å²) in [6.07, 6.45) is 3.27. The van der Waals surface area contributed by atoms with Crippen LogP contribution in [-0.4, -0.2) is 35.8 Å². The monoisotopic (exact) mass is 247 g/mol. The summed E-state index contributed by atoms with van der Waals surface area (Å²) in [4.78, 5) is 18.9. The van der Waals surface area contributed by atoms with Crippen molar-refractivity contribution in [3.63, 3.8) is 0 Å². The second-order valence-electron chi connectivity index (χ2n) is 3.92. The number of aromatic nitrogens is 1. The fraction of sp³-hybridized carbons (Fsp3) is 0.333. The number of hydrogen-bond acceptors (Lipinski definition) is 5. The van der Waals surface area contributed by atoms with Crippen molar-refractivity contribution in [1.82, 2.24) is 4.98 Å². The van der Waals surface area contributed by atoms with E-state index in [-0.39, 0.29) is 11.5 Å². The van der Waals surface area contributed by atoms with E-state index in [4.69, 9.17) is 4.74 Å². The van der Waals surface area contributed by atoms with E-state index in [0.717, 1.165) is 5.56 Å². The van der Waals surface area contributed by atoms with Crippen LogP contribution in [0.1, 0.15) is 11.3 Å². The zero-order valence-electron chi connectivity index (χ0n) is 10.2. The molecule has 0 saturated heterocycles. The predicted octanol–water partition coefficient (Wildman–Crippen LogP) is 1.51. The van der Waals surface area contributed by atoms with Crippen LogP contribution in [0.5, 0.6) is 5.88 Å². The van der Waals surface area contributed by atoms with Crippen LogP contribution in [0.4, 0.5) is 0 Å².